The van der Waals surface area contributed by atoms with Crippen LogP contribution < -0.4 is 9.62 Å². The van der Waals surface area contributed by atoms with E-state index >= 15 is 0 Å². The molecule has 1 heterocycles. The lowest BCUT2D eigenvalue weighted by Crippen LogP contribution is -2.31. The number of nitrogens with one attached hydrogen (secondary N) is 1. The molecule has 1 N–H and O–H groups in total. The molecule has 6 heteroatoms. The summed E-state index contributed by atoms with van der Waals surface area (Å²) in [6, 6.07) is 12.0. The SMILES string of the molecule is CCCNC(=O)c1ccc2c(c1)-c1ccccc1S(=O)(=O)N2C. The number of amides is 1. The van der Waals surface area contributed by atoms with Crippen LogP contribution in [0, 0.1) is 0 Å². The number of anilines is 1. The largest absolute Gasteiger partial charge is 0.352 e. The lowest BCUT2D eigenvalue weighted by molar-refractivity contribution is 0.0953. The Labute approximate surface area is 136 Å². The predicted octanol–water partition coefficient (Wildman–Crippen LogP) is 2.63. The summed E-state index contributed by atoms with van der Waals surface area (Å²) in [6.45, 7) is 2.60. The summed E-state index contributed by atoms with van der Waals surface area (Å²) in [5.41, 5.74) is 2.49. The molecule has 0 radical (unpaired) electrons. The van der Waals surface area contributed by atoms with E-state index in [-0.39, 0.29) is 10.8 Å². The van der Waals surface area contributed by atoms with Crippen molar-refractivity contribution in [1.29, 1.82) is 0 Å². The van der Waals surface area contributed by atoms with Crippen LogP contribution in [-0.2, 0) is 10.0 Å². The van der Waals surface area contributed by atoms with E-state index in [0.717, 1.165) is 12.0 Å². The molecular formula is C17H18N2O3S. The van der Waals surface area contributed by atoms with Crippen LogP contribution in [0.1, 0.15) is 23.7 Å². The molecular weight excluding hydrogens is 312 g/mol. The maximum Gasteiger partial charge on any atom is 0.264 e. The smallest absolute Gasteiger partial charge is 0.264 e. The van der Waals surface area contributed by atoms with Crippen molar-refractivity contribution in [3.05, 3.63) is 48.0 Å². The molecule has 23 heavy (non-hydrogen) atoms. The maximum absolute atomic E-state index is 12.6. The molecule has 0 saturated heterocycles. The molecule has 0 atom stereocenters. The number of nitrogens with zero attached hydrogens (tertiary/aromatic N) is 1. The molecule has 1 aliphatic heterocycles. The summed E-state index contributed by atoms with van der Waals surface area (Å²) in [4.78, 5) is 12.4. The van der Waals surface area contributed by atoms with Crippen LogP contribution in [0.5, 0.6) is 0 Å². The molecule has 0 unspecified atom stereocenters. The van der Waals surface area contributed by atoms with Crippen LogP contribution >= 0.6 is 0 Å². The van der Waals surface area contributed by atoms with E-state index in [1.807, 2.05) is 6.92 Å². The van der Waals surface area contributed by atoms with E-state index in [4.69, 9.17) is 0 Å². The Bertz CT molecular complexity index is 875. The first-order chi connectivity index (χ1) is 11.0. The van der Waals surface area contributed by atoms with Gasteiger partial charge in [-0.3, -0.25) is 9.10 Å². The van der Waals surface area contributed by atoms with Crippen LogP contribution in [0.25, 0.3) is 11.1 Å². The minimum Gasteiger partial charge on any atom is -0.352 e. The van der Waals surface area contributed by atoms with Crippen LogP contribution in [0.3, 0.4) is 0 Å². The number of sulfonamides is 1. The quantitative estimate of drug-likeness (QED) is 0.941. The van der Waals surface area contributed by atoms with E-state index in [1.54, 1.807) is 42.5 Å². The number of carbonyl (C=O) groups is 1. The van der Waals surface area contributed by atoms with E-state index < -0.39 is 10.0 Å². The zero-order chi connectivity index (χ0) is 16.6. The Balaban J connectivity index is 2.15. The third-order valence-electron chi connectivity index (χ3n) is 3.95. The molecule has 1 aliphatic rings. The Kier molecular flexibility index (Phi) is 3.85. The van der Waals surface area contributed by atoms with Gasteiger partial charge in [0.15, 0.2) is 0 Å². The summed E-state index contributed by atoms with van der Waals surface area (Å²) in [7, 11) is -2.02. The first-order valence-electron chi connectivity index (χ1n) is 7.47. The second-order valence-electron chi connectivity index (χ2n) is 5.46. The number of rotatable bonds is 3. The highest BCUT2D eigenvalue weighted by atomic mass is 32.2. The topological polar surface area (TPSA) is 66.5 Å². The van der Waals surface area contributed by atoms with Crippen LogP contribution in [-0.4, -0.2) is 27.9 Å². The van der Waals surface area contributed by atoms with Crippen molar-refractivity contribution in [3.8, 4) is 11.1 Å². The third-order valence-corrected chi connectivity index (χ3v) is 5.78. The van der Waals surface area contributed by atoms with E-state index in [1.165, 1.54) is 11.4 Å². The van der Waals surface area contributed by atoms with E-state index in [0.29, 0.717) is 23.4 Å². The second-order valence-corrected chi connectivity index (χ2v) is 7.39. The normalized spacial score (nSPS) is 14.8. The van der Waals surface area contributed by atoms with Gasteiger partial charge in [-0.1, -0.05) is 25.1 Å². The predicted molar refractivity (Wildman–Crippen MR) is 90.1 cm³/mol. The number of carbonyl (C=O) groups excluding carboxylic acids is 1. The molecule has 0 fully saturated rings. The Morgan fingerprint density at radius 1 is 1.13 bits per heavy atom. The van der Waals surface area contributed by atoms with Gasteiger partial charge in [0.1, 0.15) is 0 Å². The highest BCUT2D eigenvalue weighted by molar-refractivity contribution is 7.93. The number of hydrogen-bond donors (Lipinski definition) is 1. The second kappa shape index (κ2) is 5.70. The maximum atomic E-state index is 12.6. The van der Waals surface area contributed by atoms with Crippen LogP contribution in [0.15, 0.2) is 47.4 Å². The van der Waals surface area contributed by atoms with Crippen LogP contribution in [0.4, 0.5) is 5.69 Å². The third kappa shape index (κ3) is 2.49. The van der Waals surface area contributed by atoms with Crippen molar-refractivity contribution < 1.29 is 13.2 Å². The molecule has 1 amide bonds. The zero-order valence-electron chi connectivity index (χ0n) is 13.0. The molecule has 0 aromatic heterocycles. The molecule has 2 aromatic carbocycles. The summed E-state index contributed by atoms with van der Waals surface area (Å²) in [5, 5.41) is 2.84. The van der Waals surface area contributed by atoms with Gasteiger partial charge in [0, 0.05) is 30.3 Å². The van der Waals surface area contributed by atoms with E-state index in [2.05, 4.69) is 5.32 Å². The molecule has 0 spiro atoms. The highest BCUT2D eigenvalue weighted by Gasteiger charge is 2.32. The molecule has 0 bridgehead atoms. The fourth-order valence-corrected chi connectivity index (χ4v) is 4.12. The highest BCUT2D eigenvalue weighted by Crippen LogP contribution is 2.42. The first-order valence-corrected chi connectivity index (χ1v) is 8.91. The Hall–Kier alpha value is -2.34. The fourth-order valence-electron chi connectivity index (χ4n) is 2.70. The minimum absolute atomic E-state index is 0.150. The summed E-state index contributed by atoms with van der Waals surface area (Å²) in [6.07, 6.45) is 0.862. The van der Waals surface area contributed by atoms with Gasteiger partial charge < -0.3 is 5.32 Å². The molecule has 0 saturated carbocycles. The van der Waals surface area contributed by atoms with Gasteiger partial charge in [0.05, 0.1) is 10.6 Å². The summed E-state index contributed by atoms with van der Waals surface area (Å²) >= 11 is 0. The zero-order valence-corrected chi connectivity index (χ0v) is 13.9. The van der Waals surface area contributed by atoms with Gasteiger partial charge >= 0.3 is 0 Å². The van der Waals surface area contributed by atoms with Crippen molar-refractivity contribution >= 4 is 21.6 Å². The van der Waals surface area contributed by atoms with Gasteiger partial charge in [0.2, 0.25) is 0 Å². The average Bonchev–Trinajstić information content (AvgIpc) is 2.57. The Morgan fingerprint density at radius 2 is 1.87 bits per heavy atom. The Morgan fingerprint density at radius 3 is 2.61 bits per heavy atom. The van der Waals surface area contributed by atoms with Gasteiger partial charge in [-0.25, -0.2) is 8.42 Å². The molecule has 5 nitrogen and oxygen atoms in total. The fraction of sp³-hybridized carbons (Fsp3) is 0.235. The van der Waals surface area contributed by atoms with Crippen LogP contribution in [0.2, 0.25) is 0 Å². The number of benzene rings is 2. The van der Waals surface area contributed by atoms with Crippen molar-refractivity contribution in [3.63, 3.8) is 0 Å². The number of hydrogen-bond acceptors (Lipinski definition) is 3. The van der Waals surface area contributed by atoms with Gasteiger partial charge in [0.25, 0.3) is 15.9 Å². The molecule has 3 rings (SSSR count). The molecule has 2 aromatic rings. The lowest BCUT2D eigenvalue weighted by atomic mass is 10.00. The summed E-state index contributed by atoms with van der Waals surface area (Å²) in [5.74, 6) is -0.150. The summed E-state index contributed by atoms with van der Waals surface area (Å²) < 4.78 is 26.4. The first kappa shape index (κ1) is 15.6. The molecule has 120 valence electrons. The van der Waals surface area contributed by atoms with Crippen molar-refractivity contribution in [2.24, 2.45) is 0 Å². The monoisotopic (exact) mass is 330 g/mol. The number of fused-ring (bicyclic) bond motifs is 3. The van der Waals surface area contributed by atoms with Gasteiger partial charge in [-0.15, -0.1) is 0 Å². The average molecular weight is 330 g/mol. The minimum atomic E-state index is -3.55. The van der Waals surface area contributed by atoms with Crippen molar-refractivity contribution in [1.82, 2.24) is 5.32 Å². The van der Waals surface area contributed by atoms with Gasteiger partial charge in [-0.2, -0.15) is 0 Å². The van der Waals surface area contributed by atoms with Gasteiger partial charge in [-0.05, 0) is 30.7 Å². The lowest BCUT2D eigenvalue weighted by Gasteiger charge is -2.29. The molecule has 0 aliphatic carbocycles. The van der Waals surface area contributed by atoms with Crippen molar-refractivity contribution in [2.75, 3.05) is 17.9 Å². The standard InChI is InChI=1S/C17H18N2O3S/c1-3-10-18-17(20)12-8-9-15-14(11-12)13-6-4-5-7-16(13)23(21,22)19(15)2/h4-9,11H,3,10H2,1-2H3,(H,18,20). The van der Waals surface area contributed by atoms with E-state index in [9.17, 15) is 13.2 Å². The van der Waals surface area contributed by atoms with Crippen molar-refractivity contribution in [2.45, 2.75) is 18.2 Å².